The van der Waals surface area contributed by atoms with Gasteiger partial charge >= 0.3 is 0 Å². The fourth-order valence-corrected chi connectivity index (χ4v) is 2.65. The molecule has 138 valence electrons. The fraction of sp³-hybridized carbons (Fsp3) is 0.263. The van der Waals surface area contributed by atoms with Crippen LogP contribution in [0.1, 0.15) is 27.9 Å². The second-order valence-electron chi connectivity index (χ2n) is 5.65. The molecule has 8 heteroatoms. The first kappa shape index (κ1) is 11.1. The number of pyridine rings is 2. The average molecular weight is 393 g/mol. The summed E-state index contributed by atoms with van der Waals surface area (Å²) in [4.78, 5) is 21.4. The standard InChI is InChI=1S/C19H17ClFN5O/c20-18-15(21)9-12(11-23-18)8-14-2-1-7-26(19(14)27)17-10-16(24-25-17)13-3-5-22-6-4-13/h3-6,9-11,14H,1-2,7-8H2,(H,24,25)/t14-/m0/s1/i1D2,2D2,7D2,14D. The van der Waals surface area contributed by atoms with Crippen molar-refractivity contribution in [2.24, 2.45) is 5.89 Å². The molecule has 0 aromatic carbocycles. The fourth-order valence-electron chi connectivity index (χ4n) is 2.55. The molecule has 0 radical (unpaired) electrons. The first-order valence-corrected chi connectivity index (χ1v) is 8.22. The highest BCUT2D eigenvalue weighted by Crippen LogP contribution is 2.28. The molecule has 1 aliphatic heterocycles. The van der Waals surface area contributed by atoms with E-state index in [0.29, 0.717) is 16.2 Å². The van der Waals surface area contributed by atoms with E-state index in [9.17, 15) is 9.18 Å². The van der Waals surface area contributed by atoms with Crippen LogP contribution < -0.4 is 4.90 Å². The molecule has 1 saturated heterocycles. The Kier molecular flexibility index (Phi) is 3.07. The first-order chi connectivity index (χ1) is 15.7. The number of carbonyl (C=O) groups is 1. The van der Waals surface area contributed by atoms with Crippen LogP contribution in [0, 0.1) is 11.7 Å². The zero-order valence-corrected chi connectivity index (χ0v) is 14.5. The molecule has 0 saturated carbocycles. The summed E-state index contributed by atoms with van der Waals surface area (Å²) in [6, 6.07) is 5.40. The van der Waals surface area contributed by atoms with Gasteiger partial charge in [0, 0.05) is 52.2 Å². The summed E-state index contributed by atoms with van der Waals surface area (Å²) in [5.74, 6) is -5.60. The van der Waals surface area contributed by atoms with Crippen LogP contribution in [0.4, 0.5) is 10.2 Å². The molecule has 3 aromatic rings. The highest BCUT2D eigenvalue weighted by Gasteiger charge is 2.31. The summed E-state index contributed by atoms with van der Waals surface area (Å²) in [6.07, 6.45) is -3.45. The highest BCUT2D eigenvalue weighted by atomic mass is 35.5. The zero-order valence-electron chi connectivity index (χ0n) is 20.7. The molecule has 27 heavy (non-hydrogen) atoms. The second-order valence-corrected chi connectivity index (χ2v) is 6.01. The van der Waals surface area contributed by atoms with Crippen LogP contribution in [0.3, 0.4) is 0 Å². The van der Waals surface area contributed by atoms with Gasteiger partial charge in [-0.1, -0.05) is 11.6 Å². The minimum Gasteiger partial charge on any atom is -0.295 e. The number of carbonyl (C=O) groups excluding carboxylic acids is 1. The van der Waals surface area contributed by atoms with Crippen molar-refractivity contribution in [3.05, 3.63) is 59.4 Å². The number of rotatable bonds is 4. The highest BCUT2D eigenvalue weighted by molar-refractivity contribution is 6.29. The largest absolute Gasteiger partial charge is 0.295 e. The summed E-state index contributed by atoms with van der Waals surface area (Å²) in [5, 5.41) is 6.09. The van der Waals surface area contributed by atoms with Crippen molar-refractivity contribution in [2.75, 3.05) is 11.4 Å². The Labute approximate surface area is 170 Å². The van der Waals surface area contributed by atoms with Crippen LogP contribution in [-0.4, -0.2) is 32.6 Å². The van der Waals surface area contributed by atoms with E-state index in [1.54, 1.807) is 12.1 Å². The quantitative estimate of drug-likeness (QED) is 0.688. The van der Waals surface area contributed by atoms with Crippen molar-refractivity contribution >= 4 is 23.3 Å². The molecule has 1 atom stereocenters. The topological polar surface area (TPSA) is 74.8 Å². The Morgan fingerprint density at radius 1 is 1.41 bits per heavy atom. The van der Waals surface area contributed by atoms with E-state index < -0.39 is 48.4 Å². The van der Waals surface area contributed by atoms with Gasteiger partial charge in [0.2, 0.25) is 5.91 Å². The monoisotopic (exact) mass is 392 g/mol. The maximum absolute atomic E-state index is 13.9. The molecule has 3 aromatic heterocycles. The first-order valence-electron chi connectivity index (χ1n) is 11.3. The van der Waals surface area contributed by atoms with Gasteiger partial charge in [0.25, 0.3) is 0 Å². The van der Waals surface area contributed by atoms with Gasteiger partial charge in [0.15, 0.2) is 16.8 Å². The van der Waals surface area contributed by atoms with Crippen LogP contribution >= 0.6 is 11.6 Å². The van der Waals surface area contributed by atoms with Gasteiger partial charge in [0.05, 0.1) is 5.69 Å². The summed E-state index contributed by atoms with van der Waals surface area (Å²) < 4.78 is 72.8. The molecule has 0 spiro atoms. The molecule has 6 nitrogen and oxygen atoms in total. The van der Waals surface area contributed by atoms with Crippen molar-refractivity contribution < 1.29 is 18.8 Å². The number of nitrogens with one attached hydrogen (secondary N) is 1. The van der Waals surface area contributed by atoms with Crippen LogP contribution in [0.15, 0.2) is 42.9 Å². The number of H-pyrrole nitrogens is 1. The lowest BCUT2D eigenvalue weighted by molar-refractivity contribution is -0.123. The number of aromatic nitrogens is 4. The van der Waals surface area contributed by atoms with E-state index >= 15 is 0 Å². The summed E-state index contributed by atoms with van der Waals surface area (Å²) >= 11 is 5.57. The van der Waals surface area contributed by atoms with Crippen LogP contribution in [0.25, 0.3) is 11.3 Å². The van der Waals surface area contributed by atoms with Crippen LogP contribution in [0.5, 0.6) is 0 Å². The Balaban J connectivity index is 1.83. The smallest absolute Gasteiger partial charge is 0.231 e. The maximum atomic E-state index is 13.9. The third-order valence-corrected chi connectivity index (χ3v) is 4.14. The van der Waals surface area contributed by atoms with Gasteiger partial charge in [-0.2, -0.15) is 5.10 Å². The van der Waals surface area contributed by atoms with Gasteiger partial charge < -0.3 is 0 Å². The second kappa shape index (κ2) is 7.44. The normalized spacial score (nSPS) is 29.5. The number of aromatic amines is 1. The number of halogens is 2. The van der Waals surface area contributed by atoms with Crippen molar-refractivity contribution in [1.29, 1.82) is 0 Å². The number of hydrogen-bond donors (Lipinski definition) is 1. The molecule has 1 N–H and O–H groups in total. The van der Waals surface area contributed by atoms with Gasteiger partial charge in [0.1, 0.15) is 0 Å². The molecule has 0 aliphatic carbocycles. The SMILES string of the molecule is [2H]C1([2H])N(c2cc(-c3ccncc3)[nH]n2)C(=O)[C@]([2H])(Cc2cnc(Cl)c(F)c2)C([2H])([2H])C1([2H])[2H]. The molecule has 1 fully saturated rings. The van der Waals surface area contributed by atoms with E-state index in [-0.39, 0.29) is 11.4 Å². The Hall–Kier alpha value is -2.80. The van der Waals surface area contributed by atoms with Crippen molar-refractivity contribution in [1.82, 2.24) is 20.2 Å². The molecule has 1 amide bonds. The molecule has 0 unspecified atom stereocenters. The molecule has 1 aliphatic rings. The van der Waals surface area contributed by atoms with Gasteiger partial charge in [-0.3, -0.25) is 19.8 Å². The molecule has 4 heterocycles. The number of nitrogens with zero attached hydrogens (tertiary/aromatic N) is 4. The van der Waals surface area contributed by atoms with Crippen LogP contribution in [-0.2, 0) is 11.2 Å². The third kappa shape index (κ3) is 3.68. The molecular formula is C19H17ClFN5O. The lowest BCUT2D eigenvalue weighted by atomic mass is 9.91. The maximum Gasteiger partial charge on any atom is 0.231 e. The Morgan fingerprint density at radius 2 is 2.22 bits per heavy atom. The van der Waals surface area contributed by atoms with E-state index in [0.717, 1.165) is 12.3 Å². The third-order valence-electron chi connectivity index (χ3n) is 3.86. The zero-order chi connectivity index (χ0) is 25.1. The van der Waals surface area contributed by atoms with E-state index in [1.165, 1.54) is 18.5 Å². The summed E-state index contributed by atoms with van der Waals surface area (Å²) in [5.41, 5.74) is 0.860. The van der Waals surface area contributed by atoms with Crippen molar-refractivity contribution in [2.45, 2.75) is 19.2 Å². The van der Waals surface area contributed by atoms with Gasteiger partial charge in [-0.25, -0.2) is 9.37 Å². The lowest BCUT2D eigenvalue weighted by Gasteiger charge is -2.30. The summed E-state index contributed by atoms with van der Waals surface area (Å²) in [6.45, 7) is -3.23. The Morgan fingerprint density at radius 3 is 3.00 bits per heavy atom. The van der Waals surface area contributed by atoms with Gasteiger partial charge in [-0.05, 0) is 42.9 Å². The minimum atomic E-state index is -3.37. The van der Waals surface area contributed by atoms with Gasteiger partial charge in [-0.15, -0.1) is 0 Å². The number of hydrogen-bond acceptors (Lipinski definition) is 4. The van der Waals surface area contributed by atoms with Crippen LogP contribution in [0.2, 0.25) is 5.15 Å². The molecule has 4 rings (SSSR count). The lowest BCUT2D eigenvalue weighted by Crippen LogP contribution is -2.42. The average Bonchev–Trinajstić information content (AvgIpc) is 3.25. The minimum absolute atomic E-state index is 0.0909. The summed E-state index contributed by atoms with van der Waals surface area (Å²) in [7, 11) is 0. The van der Waals surface area contributed by atoms with E-state index in [1.807, 2.05) is 0 Å². The number of amides is 1. The predicted octanol–water partition coefficient (Wildman–Crippen LogP) is 3.64. The van der Waals surface area contributed by atoms with Crippen molar-refractivity contribution in [3.8, 4) is 11.3 Å². The number of piperidine rings is 1. The molecular weight excluding hydrogens is 369 g/mol. The van der Waals surface area contributed by atoms with Crippen molar-refractivity contribution in [3.63, 3.8) is 0 Å². The molecule has 0 bridgehead atoms. The number of anilines is 1. The van der Waals surface area contributed by atoms with E-state index in [2.05, 4.69) is 20.2 Å². The predicted molar refractivity (Wildman–Crippen MR) is 99.8 cm³/mol. The van der Waals surface area contributed by atoms with E-state index in [4.69, 9.17) is 21.2 Å². The Bertz CT molecular complexity index is 1260.